The Hall–Kier alpha value is -2.16. The van der Waals surface area contributed by atoms with Gasteiger partial charge in [-0.25, -0.2) is 9.67 Å². The van der Waals surface area contributed by atoms with E-state index in [4.69, 9.17) is 25.8 Å². The van der Waals surface area contributed by atoms with Gasteiger partial charge in [-0.3, -0.25) is 4.79 Å². The fraction of sp³-hybridized carbons (Fsp3) is 0.471. The van der Waals surface area contributed by atoms with Crippen molar-refractivity contribution >= 4 is 17.5 Å². The van der Waals surface area contributed by atoms with E-state index in [1.54, 1.807) is 28.0 Å². The Bertz CT molecular complexity index is 741. The predicted molar refractivity (Wildman–Crippen MR) is 92.1 cm³/mol. The Morgan fingerprint density at radius 1 is 1.23 bits per heavy atom. The summed E-state index contributed by atoms with van der Waals surface area (Å²) in [6.45, 7) is 1.86. The van der Waals surface area contributed by atoms with Crippen molar-refractivity contribution in [2.24, 2.45) is 0 Å². The molecule has 0 N–H and O–H groups in total. The average Bonchev–Trinajstić information content (AvgIpc) is 3.28. The molecule has 8 nitrogen and oxygen atoms in total. The van der Waals surface area contributed by atoms with Gasteiger partial charge in [-0.2, -0.15) is 5.10 Å². The average molecular weight is 379 g/mol. The number of likely N-dealkylation sites (tertiary alicyclic amines) is 1. The maximum Gasteiger partial charge on any atom is 0.260 e. The number of carbonyl (C=O) groups excluding carboxylic acids is 1. The molecule has 0 saturated carbocycles. The van der Waals surface area contributed by atoms with E-state index in [9.17, 15) is 4.79 Å². The summed E-state index contributed by atoms with van der Waals surface area (Å²) >= 11 is 6.04. The third-order valence-corrected chi connectivity index (χ3v) is 4.88. The number of rotatable bonds is 4. The van der Waals surface area contributed by atoms with Crippen molar-refractivity contribution in [3.63, 3.8) is 0 Å². The Labute approximate surface area is 155 Å². The molecular weight excluding hydrogens is 360 g/mol. The highest BCUT2D eigenvalue weighted by Crippen LogP contribution is 2.25. The monoisotopic (exact) mass is 378 g/mol. The lowest BCUT2D eigenvalue weighted by molar-refractivity contribution is -0.133. The number of aromatic nitrogens is 3. The Morgan fingerprint density at radius 2 is 1.96 bits per heavy atom. The summed E-state index contributed by atoms with van der Waals surface area (Å²) in [4.78, 5) is 18.1. The van der Waals surface area contributed by atoms with E-state index in [1.807, 2.05) is 12.1 Å². The lowest BCUT2D eigenvalue weighted by Crippen LogP contribution is -2.35. The second kappa shape index (κ2) is 7.61. The number of nitrogens with zero attached hydrogens (tertiary/aromatic N) is 4. The van der Waals surface area contributed by atoms with Gasteiger partial charge in [-0.1, -0.05) is 23.7 Å². The van der Waals surface area contributed by atoms with Crippen LogP contribution in [0, 0.1) is 0 Å². The van der Waals surface area contributed by atoms with Crippen LogP contribution in [0.25, 0.3) is 0 Å². The highest BCUT2D eigenvalue weighted by molar-refractivity contribution is 6.32. The molecule has 0 bridgehead atoms. The van der Waals surface area contributed by atoms with Gasteiger partial charge in [-0.15, -0.1) is 0 Å². The number of carbonyl (C=O) groups is 1. The van der Waals surface area contributed by atoms with Crippen LogP contribution in [0.3, 0.4) is 0 Å². The molecule has 2 fully saturated rings. The number of halogens is 1. The molecular formula is C17H19ClN4O4. The summed E-state index contributed by atoms with van der Waals surface area (Å²) in [5.74, 6) is 0.386. The number of benzene rings is 1. The predicted octanol–water partition coefficient (Wildman–Crippen LogP) is 1.18. The SMILES string of the molecule is O=C(COc1ccccc1Cl)N1C[C@@H]2OCC(n3cncn3)CO[C@H]2C1. The van der Waals surface area contributed by atoms with Gasteiger partial charge in [0.25, 0.3) is 5.91 Å². The zero-order valence-electron chi connectivity index (χ0n) is 14.0. The maximum absolute atomic E-state index is 12.4. The van der Waals surface area contributed by atoms with E-state index in [-0.39, 0.29) is 30.8 Å². The number of hydrogen-bond donors (Lipinski definition) is 0. The largest absolute Gasteiger partial charge is 0.482 e. The Balaban J connectivity index is 1.30. The first-order chi connectivity index (χ1) is 12.7. The summed E-state index contributed by atoms with van der Waals surface area (Å²) < 4.78 is 19.2. The lowest BCUT2D eigenvalue weighted by Gasteiger charge is -2.19. The molecule has 26 heavy (non-hydrogen) atoms. The van der Waals surface area contributed by atoms with Gasteiger partial charge in [-0.05, 0) is 12.1 Å². The second-order valence-corrected chi connectivity index (χ2v) is 6.70. The number of hydrogen-bond acceptors (Lipinski definition) is 6. The molecule has 0 unspecified atom stereocenters. The fourth-order valence-corrected chi connectivity index (χ4v) is 3.33. The molecule has 0 spiro atoms. The van der Waals surface area contributed by atoms with Gasteiger partial charge in [0.1, 0.15) is 36.7 Å². The molecule has 1 amide bonds. The molecule has 1 aromatic carbocycles. The Morgan fingerprint density at radius 3 is 2.62 bits per heavy atom. The normalized spacial score (nSPS) is 23.5. The molecule has 2 aromatic rings. The van der Waals surface area contributed by atoms with Gasteiger partial charge < -0.3 is 19.1 Å². The van der Waals surface area contributed by atoms with E-state index in [1.165, 1.54) is 6.33 Å². The van der Waals surface area contributed by atoms with Crippen molar-refractivity contribution in [2.75, 3.05) is 32.9 Å². The minimum absolute atomic E-state index is 0.00388. The van der Waals surface area contributed by atoms with Crippen molar-refractivity contribution in [2.45, 2.75) is 18.2 Å². The second-order valence-electron chi connectivity index (χ2n) is 6.29. The highest BCUT2D eigenvalue weighted by Gasteiger charge is 2.39. The van der Waals surface area contributed by atoms with Crippen molar-refractivity contribution in [1.82, 2.24) is 19.7 Å². The minimum Gasteiger partial charge on any atom is -0.482 e. The summed E-state index contributed by atoms with van der Waals surface area (Å²) in [7, 11) is 0. The Kier molecular flexibility index (Phi) is 5.05. The molecule has 2 atom stereocenters. The first kappa shape index (κ1) is 17.3. The number of fused-ring (bicyclic) bond motifs is 1. The maximum atomic E-state index is 12.4. The zero-order chi connectivity index (χ0) is 17.9. The summed E-state index contributed by atoms with van der Waals surface area (Å²) in [5, 5.41) is 4.62. The molecule has 0 radical (unpaired) electrons. The van der Waals surface area contributed by atoms with E-state index < -0.39 is 0 Å². The topological polar surface area (TPSA) is 78.7 Å². The van der Waals surface area contributed by atoms with Crippen LogP contribution in [0.2, 0.25) is 5.02 Å². The van der Waals surface area contributed by atoms with Crippen molar-refractivity contribution in [3.8, 4) is 5.75 Å². The van der Waals surface area contributed by atoms with Gasteiger partial charge in [0.05, 0.1) is 18.2 Å². The third kappa shape index (κ3) is 3.67. The number of ether oxygens (including phenoxy) is 3. The first-order valence-electron chi connectivity index (χ1n) is 8.43. The van der Waals surface area contributed by atoms with Crippen LogP contribution in [0.5, 0.6) is 5.75 Å². The van der Waals surface area contributed by atoms with Gasteiger partial charge in [0.2, 0.25) is 0 Å². The fourth-order valence-electron chi connectivity index (χ4n) is 3.14. The van der Waals surface area contributed by atoms with Crippen molar-refractivity contribution < 1.29 is 19.0 Å². The minimum atomic E-state index is -0.146. The smallest absolute Gasteiger partial charge is 0.260 e. The van der Waals surface area contributed by atoms with Crippen LogP contribution in [0.4, 0.5) is 0 Å². The zero-order valence-corrected chi connectivity index (χ0v) is 14.8. The first-order valence-corrected chi connectivity index (χ1v) is 8.81. The van der Waals surface area contributed by atoms with Gasteiger partial charge in [0, 0.05) is 13.1 Å². The van der Waals surface area contributed by atoms with E-state index in [2.05, 4.69) is 10.1 Å². The van der Waals surface area contributed by atoms with Gasteiger partial charge in [0.15, 0.2) is 6.61 Å². The van der Waals surface area contributed by atoms with Crippen LogP contribution < -0.4 is 4.74 Å². The van der Waals surface area contributed by atoms with E-state index >= 15 is 0 Å². The van der Waals surface area contributed by atoms with Crippen molar-refractivity contribution in [3.05, 3.63) is 41.9 Å². The van der Waals surface area contributed by atoms with E-state index in [0.717, 1.165) is 0 Å². The van der Waals surface area contributed by atoms with E-state index in [0.29, 0.717) is 37.1 Å². The molecule has 138 valence electrons. The third-order valence-electron chi connectivity index (χ3n) is 4.57. The van der Waals surface area contributed by atoms with Crippen LogP contribution in [0.1, 0.15) is 6.04 Å². The van der Waals surface area contributed by atoms with Crippen LogP contribution in [-0.4, -0.2) is 70.7 Å². The molecule has 4 rings (SSSR count). The summed E-state index contributed by atoms with van der Waals surface area (Å²) in [5.41, 5.74) is 0. The number of para-hydroxylation sites is 1. The number of amides is 1. The molecule has 2 saturated heterocycles. The standard InChI is InChI=1S/C17H19ClN4O4/c18-13-3-1-2-4-14(13)26-9-17(23)21-5-15-16(6-21)25-8-12(7-24-15)22-11-19-10-20-22/h1-4,10-12,15-16H,5-9H2/t15-,16-/m0/s1. The molecule has 1 aromatic heterocycles. The van der Waals surface area contributed by atoms with Crippen molar-refractivity contribution in [1.29, 1.82) is 0 Å². The summed E-state index contributed by atoms with van der Waals surface area (Å²) in [6.07, 6.45) is 2.85. The summed E-state index contributed by atoms with van der Waals surface area (Å²) in [6, 6.07) is 7.08. The lowest BCUT2D eigenvalue weighted by atomic mass is 10.3. The molecule has 2 aliphatic rings. The molecule has 2 aliphatic heterocycles. The van der Waals surface area contributed by atoms with Crippen LogP contribution in [0.15, 0.2) is 36.9 Å². The van der Waals surface area contributed by atoms with Crippen LogP contribution >= 0.6 is 11.6 Å². The molecule has 3 heterocycles. The molecule has 9 heteroatoms. The highest BCUT2D eigenvalue weighted by atomic mass is 35.5. The van der Waals surface area contributed by atoms with Gasteiger partial charge >= 0.3 is 0 Å². The quantitative estimate of drug-likeness (QED) is 0.795. The molecule has 0 aliphatic carbocycles. The van der Waals surface area contributed by atoms with Crippen LogP contribution in [-0.2, 0) is 14.3 Å².